The van der Waals surface area contributed by atoms with Crippen LogP contribution in [-0.4, -0.2) is 53.0 Å². The van der Waals surface area contributed by atoms with Crippen LogP contribution in [-0.2, 0) is 14.3 Å². The third kappa shape index (κ3) is 4.29. The lowest BCUT2D eigenvalue weighted by Gasteiger charge is -2.13. The minimum atomic E-state index is -0.994. The van der Waals surface area contributed by atoms with Gasteiger partial charge >= 0.3 is 11.9 Å². The van der Waals surface area contributed by atoms with Crippen LogP contribution in [0.4, 0.5) is 5.82 Å². The van der Waals surface area contributed by atoms with Gasteiger partial charge in [0.15, 0.2) is 5.82 Å². The fourth-order valence-corrected chi connectivity index (χ4v) is 2.02. The molecular weight excluding hydrogens is 316 g/mol. The summed E-state index contributed by atoms with van der Waals surface area (Å²) < 4.78 is 4.53. The molecule has 0 spiro atoms. The van der Waals surface area contributed by atoms with Gasteiger partial charge in [0.2, 0.25) is 0 Å². The Bertz CT molecular complexity index is 789. The fourth-order valence-electron chi connectivity index (χ4n) is 2.02. The first-order chi connectivity index (χ1) is 11.5. The Hall–Kier alpha value is -2.94. The number of carbonyl (C=O) groups excluding carboxylic acids is 2. The van der Waals surface area contributed by atoms with E-state index in [0.29, 0.717) is 16.6 Å². The molecule has 24 heavy (non-hydrogen) atoms. The number of nitrogens with one attached hydrogen (secondary N) is 3. The Morgan fingerprint density at radius 2 is 2.00 bits per heavy atom. The van der Waals surface area contributed by atoms with Crippen LogP contribution in [0.15, 0.2) is 29.1 Å². The van der Waals surface area contributed by atoms with Crippen LogP contribution in [0.1, 0.15) is 6.92 Å². The lowest BCUT2D eigenvalue weighted by Crippen LogP contribution is -2.40. The van der Waals surface area contributed by atoms with Crippen LogP contribution in [0, 0.1) is 0 Å². The van der Waals surface area contributed by atoms with Crippen molar-refractivity contribution in [2.24, 2.45) is 0 Å². The number of amides is 1. The number of esters is 1. The van der Waals surface area contributed by atoms with E-state index in [-0.39, 0.29) is 25.3 Å². The molecule has 1 aromatic carbocycles. The first-order valence-corrected chi connectivity index (χ1v) is 7.37. The predicted octanol–water partition coefficient (Wildman–Crippen LogP) is -0.625. The lowest BCUT2D eigenvalue weighted by molar-refractivity contribution is -0.154. The lowest BCUT2D eigenvalue weighted by atomic mass is 10.2. The minimum absolute atomic E-state index is 0.0617. The van der Waals surface area contributed by atoms with Crippen molar-refractivity contribution in [2.45, 2.75) is 13.0 Å². The van der Waals surface area contributed by atoms with Crippen molar-refractivity contribution in [2.75, 3.05) is 25.0 Å². The molecule has 1 aromatic heterocycles. The molecule has 9 heteroatoms. The molecule has 2 rings (SSSR count). The van der Waals surface area contributed by atoms with E-state index in [1.807, 2.05) is 0 Å². The molecule has 2 aromatic rings. The number of aliphatic hydroxyl groups excluding tert-OH is 1. The number of nitrogens with zero attached hydrogens (tertiary/aromatic N) is 1. The van der Waals surface area contributed by atoms with Gasteiger partial charge in [0.25, 0.3) is 5.56 Å². The second-order valence-corrected chi connectivity index (χ2v) is 4.91. The number of rotatable bonds is 6. The highest BCUT2D eigenvalue weighted by atomic mass is 16.5. The Kier molecular flexibility index (Phi) is 5.85. The van der Waals surface area contributed by atoms with Crippen LogP contribution < -0.4 is 16.2 Å². The smallest absolute Gasteiger partial charge is 0.396 e. The number of aromatic amines is 1. The average molecular weight is 334 g/mol. The SMILES string of the molecule is CCOC(=O)C(=O)NCC(O)CNc1n[nH]c(=O)c2ccccc12. The number of fused-ring (bicyclic) bond motifs is 1. The Labute approximate surface area is 137 Å². The van der Waals surface area contributed by atoms with E-state index in [1.165, 1.54) is 0 Å². The number of benzene rings is 1. The maximum atomic E-state index is 11.7. The zero-order valence-corrected chi connectivity index (χ0v) is 13.0. The number of aliphatic hydroxyl groups is 1. The summed E-state index contributed by atoms with van der Waals surface area (Å²) in [6.45, 7) is 1.62. The van der Waals surface area contributed by atoms with Gasteiger partial charge < -0.3 is 20.5 Å². The molecule has 128 valence electrons. The van der Waals surface area contributed by atoms with E-state index in [0.717, 1.165) is 0 Å². The van der Waals surface area contributed by atoms with Crippen LogP contribution in [0.5, 0.6) is 0 Å². The van der Waals surface area contributed by atoms with Crippen LogP contribution in [0.25, 0.3) is 10.8 Å². The van der Waals surface area contributed by atoms with E-state index < -0.39 is 18.0 Å². The molecule has 4 N–H and O–H groups in total. The summed E-state index contributed by atoms with van der Waals surface area (Å²) in [6.07, 6.45) is -0.962. The van der Waals surface area contributed by atoms with Crippen molar-refractivity contribution < 1.29 is 19.4 Å². The van der Waals surface area contributed by atoms with Gasteiger partial charge in [-0.05, 0) is 13.0 Å². The number of ether oxygens (including phenoxy) is 1. The van der Waals surface area contributed by atoms with Gasteiger partial charge in [-0.25, -0.2) is 9.89 Å². The van der Waals surface area contributed by atoms with Crippen molar-refractivity contribution in [1.29, 1.82) is 0 Å². The molecule has 0 aliphatic rings. The molecule has 0 aliphatic heterocycles. The number of hydrogen-bond donors (Lipinski definition) is 4. The summed E-state index contributed by atoms with van der Waals surface area (Å²) in [5, 5.41) is 22.4. The van der Waals surface area contributed by atoms with E-state index in [4.69, 9.17) is 0 Å². The maximum Gasteiger partial charge on any atom is 0.396 e. The number of hydrogen-bond acceptors (Lipinski definition) is 7. The number of H-pyrrole nitrogens is 1. The molecular formula is C15H18N4O5. The van der Waals surface area contributed by atoms with Crippen molar-refractivity contribution in [3.8, 4) is 0 Å². The van der Waals surface area contributed by atoms with Crippen LogP contribution in [0.3, 0.4) is 0 Å². The van der Waals surface area contributed by atoms with Crippen LogP contribution in [0.2, 0.25) is 0 Å². The van der Waals surface area contributed by atoms with Gasteiger partial charge in [-0.3, -0.25) is 9.59 Å². The molecule has 9 nitrogen and oxygen atoms in total. The van der Waals surface area contributed by atoms with E-state index in [9.17, 15) is 19.5 Å². The highest BCUT2D eigenvalue weighted by Gasteiger charge is 2.16. The van der Waals surface area contributed by atoms with Crippen molar-refractivity contribution >= 4 is 28.5 Å². The zero-order valence-electron chi connectivity index (χ0n) is 13.0. The van der Waals surface area contributed by atoms with Crippen molar-refractivity contribution in [3.05, 3.63) is 34.6 Å². The molecule has 0 bridgehead atoms. The summed E-state index contributed by atoms with van der Waals surface area (Å²) in [5.74, 6) is -1.50. The van der Waals surface area contributed by atoms with Gasteiger partial charge in [-0.15, -0.1) is 0 Å². The molecule has 0 aliphatic carbocycles. The second-order valence-electron chi connectivity index (χ2n) is 4.91. The van der Waals surface area contributed by atoms with E-state index in [2.05, 4.69) is 25.6 Å². The first kappa shape index (κ1) is 17.4. The molecule has 0 fully saturated rings. The Morgan fingerprint density at radius 1 is 1.29 bits per heavy atom. The third-order valence-electron chi connectivity index (χ3n) is 3.16. The molecule has 0 saturated carbocycles. The molecule has 1 unspecified atom stereocenters. The first-order valence-electron chi connectivity index (χ1n) is 7.37. The summed E-state index contributed by atoms with van der Waals surface area (Å²) in [7, 11) is 0. The molecule has 0 radical (unpaired) electrons. The van der Waals surface area contributed by atoms with Crippen LogP contribution >= 0.6 is 0 Å². The monoisotopic (exact) mass is 334 g/mol. The Balaban J connectivity index is 1.92. The minimum Gasteiger partial charge on any atom is -0.459 e. The maximum absolute atomic E-state index is 11.7. The largest absolute Gasteiger partial charge is 0.459 e. The standard InChI is InChI=1S/C15H18N4O5/c1-2-24-15(23)14(22)17-8-9(20)7-16-12-10-5-3-4-6-11(10)13(21)19-18-12/h3-6,9,20H,2,7-8H2,1H3,(H,16,18)(H,17,22)(H,19,21). The zero-order chi connectivity index (χ0) is 17.5. The average Bonchev–Trinajstić information content (AvgIpc) is 2.59. The van der Waals surface area contributed by atoms with Gasteiger partial charge in [-0.1, -0.05) is 18.2 Å². The van der Waals surface area contributed by atoms with E-state index in [1.54, 1.807) is 31.2 Å². The summed E-state index contributed by atoms with van der Waals surface area (Å²) >= 11 is 0. The molecule has 1 amide bonds. The molecule has 0 saturated heterocycles. The van der Waals surface area contributed by atoms with Gasteiger partial charge in [-0.2, -0.15) is 5.10 Å². The number of carbonyl (C=O) groups is 2. The van der Waals surface area contributed by atoms with Crippen molar-refractivity contribution in [1.82, 2.24) is 15.5 Å². The Morgan fingerprint density at radius 3 is 2.71 bits per heavy atom. The highest BCUT2D eigenvalue weighted by Crippen LogP contribution is 2.16. The second kappa shape index (κ2) is 8.06. The summed E-state index contributed by atoms with van der Waals surface area (Å²) in [5.41, 5.74) is -0.307. The predicted molar refractivity (Wildman–Crippen MR) is 86.5 cm³/mol. The molecule has 1 heterocycles. The summed E-state index contributed by atoms with van der Waals surface area (Å²) in [4.78, 5) is 34.2. The normalized spacial score (nSPS) is 11.8. The third-order valence-corrected chi connectivity index (χ3v) is 3.16. The highest BCUT2D eigenvalue weighted by molar-refractivity contribution is 6.32. The fraction of sp³-hybridized carbons (Fsp3) is 0.333. The molecule has 1 atom stereocenters. The number of anilines is 1. The summed E-state index contributed by atoms with van der Waals surface area (Å²) in [6, 6.07) is 6.90. The number of aromatic nitrogens is 2. The van der Waals surface area contributed by atoms with Gasteiger partial charge in [0, 0.05) is 18.5 Å². The van der Waals surface area contributed by atoms with Crippen molar-refractivity contribution in [3.63, 3.8) is 0 Å². The van der Waals surface area contributed by atoms with Gasteiger partial charge in [0.1, 0.15) is 0 Å². The van der Waals surface area contributed by atoms with E-state index >= 15 is 0 Å². The quantitative estimate of drug-likeness (QED) is 0.408. The topological polar surface area (TPSA) is 133 Å². The van der Waals surface area contributed by atoms with Gasteiger partial charge in [0.05, 0.1) is 18.1 Å².